The summed E-state index contributed by atoms with van der Waals surface area (Å²) in [5.41, 5.74) is 8.67. The van der Waals surface area contributed by atoms with Crippen molar-refractivity contribution in [2.45, 2.75) is 51.1 Å². The van der Waals surface area contributed by atoms with Crippen molar-refractivity contribution in [1.29, 1.82) is 0 Å². The van der Waals surface area contributed by atoms with Crippen molar-refractivity contribution >= 4 is 0 Å². The summed E-state index contributed by atoms with van der Waals surface area (Å²) in [5, 5.41) is 3.65. The molecule has 0 aliphatic heterocycles. The topological polar surface area (TPSA) is 38.0 Å². The first-order chi connectivity index (χ1) is 8.24. The molecule has 1 aliphatic carbocycles. The molecule has 0 unspecified atom stereocenters. The van der Waals surface area contributed by atoms with Gasteiger partial charge >= 0.3 is 0 Å². The number of aryl methyl sites for hydroxylation is 1. The van der Waals surface area contributed by atoms with E-state index in [-0.39, 0.29) is 0 Å². The zero-order chi connectivity index (χ0) is 12.1. The Kier molecular flexibility index (Phi) is 4.57. The van der Waals surface area contributed by atoms with Gasteiger partial charge in [0.1, 0.15) is 0 Å². The van der Waals surface area contributed by atoms with Crippen molar-refractivity contribution in [1.82, 2.24) is 5.32 Å². The highest BCUT2D eigenvalue weighted by Gasteiger charge is 2.17. The van der Waals surface area contributed by atoms with Crippen LogP contribution in [0.2, 0.25) is 0 Å². The molecule has 0 radical (unpaired) electrons. The summed E-state index contributed by atoms with van der Waals surface area (Å²) in [6, 6.07) is 9.98. The van der Waals surface area contributed by atoms with Crippen LogP contribution >= 0.6 is 0 Å². The van der Waals surface area contributed by atoms with Crippen molar-refractivity contribution < 1.29 is 0 Å². The maximum Gasteiger partial charge on any atom is 0.00683 e. The highest BCUT2D eigenvalue weighted by Crippen LogP contribution is 2.16. The predicted octanol–water partition coefficient (Wildman–Crippen LogP) is 2.40. The van der Waals surface area contributed by atoms with Gasteiger partial charge in [0.25, 0.3) is 0 Å². The molecule has 0 heterocycles. The Morgan fingerprint density at radius 3 is 2.41 bits per heavy atom. The Hall–Kier alpha value is -0.860. The van der Waals surface area contributed by atoms with Crippen LogP contribution in [0.25, 0.3) is 0 Å². The zero-order valence-corrected chi connectivity index (χ0v) is 10.8. The third-order valence-corrected chi connectivity index (χ3v) is 3.74. The second-order valence-corrected chi connectivity index (χ2v) is 5.30. The normalized spacial score (nSPS) is 24.8. The van der Waals surface area contributed by atoms with Crippen molar-refractivity contribution in [2.24, 2.45) is 5.73 Å². The standard InChI is InChI=1S/C15H24N2/c1-12-2-4-13(5-3-12)10-11-17-15-8-6-14(16)7-9-15/h2-5,14-15,17H,6-11,16H2,1H3. The Morgan fingerprint density at radius 2 is 1.76 bits per heavy atom. The van der Waals surface area contributed by atoms with E-state index in [0.29, 0.717) is 12.1 Å². The maximum atomic E-state index is 5.90. The second-order valence-electron chi connectivity index (χ2n) is 5.30. The van der Waals surface area contributed by atoms with E-state index < -0.39 is 0 Å². The fourth-order valence-electron chi connectivity index (χ4n) is 2.50. The molecule has 1 aromatic rings. The molecule has 0 bridgehead atoms. The Bertz CT molecular complexity index is 323. The monoisotopic (exact) mass is 232 g/mol. The summed E-state index contributed by atoms with van der Waals surface area (Å²) < 4.78 is 0. The van der Waals surface area contributed by atoms with Crippen molar-refractivity contribution in [3.8, 4) is 0 Å². The molecule has 2 heteroatoms. The van der Waals surface area contributed by atoms with E-state index >= 15 is 0 Å². The fourth-order valence-corrected chi connectivity index (χ4v) is 2.50. The number of rotatable bonds is 4. The SMILES string of the molecule is Cc1ccc(CCNC2CCC(N)CC2)cc1. The number of nitrogens with two attached hydrogens (primary N) is 1. The van der Waals surface area contributed by atoms with Crippen LogP contribution in [0.1, 0.15) is 36.8 Å². The minimum atomic E-state index is 0.449. The lowest BCUT2D eigenvalue weighted by molar-refractivity contribution is 0.344. The van der Waals surface area contributed by atoms with Gasteiger partial charge in [-0.15, -0.1) is 0 Å². The number of hydrogen-bond acceptors (Lipinski definition) is 2. The quantitative estimate of drug-likeness (QED) is 0.836. The molecule has 1 fully saturated rings. The van der Waals surface area contributed by atoms with Gasteiger partial charge in [-0.2, -0.15) is 0 Å². The number of nitrogens with one attached hydrogen (secondary N) is 1. The predicted molar refractivity (Wildman–Crippen MR) is 73.1 cm³/mol. The van der Waals surface area contributed by atoms with E-state index in [9.17, 15) is 0 Å². The van der Waals surface area contributed by atoms with Gasteiger partial charge in [-0.3, -0.25) is 0 Å². The molecule has 0 spiro atoms. The van der Waals surface area contributed by atoms with Gasteiger partial charge < -0.3 is 11.1 Å². The van der Waals surface area contributed by atoms with Crippen LogP contribution in [-0.4, -0.2) is 18.6 Å². The van der Waals surface area contributed by atoms with Crippen LogP contribution in [-0.2, 0) is 6.42 Å². The second kappa shape index (κ2) is 6.18. The molecule has 0 aromatic heterocycles. The highest BCUT2D eigenvalue weighted by atomic mass is 14.9. The molecule has 1 aromatic carbocycles. The average Bonchev–Trinajstić information content (AvgIpc) is 2.34. The van der Waals surface area contributed by atoms with Crippen molar-refractivity contribution in [3.05, 3.63) is 35.4 Å². The first kappa shape index (κ1) is 12.6. The summed E-state index contributed by atoms with van der Waals surface area (Å²) in [5.74, 6) is 0. The highest BCUT2D eigenvalue weighted by molar-refractivity contribution is 5.21. The van der Waals surface area contributed by atoms with E-state index in [2.05, 4.69) is 36.5 Å². The lowest BCUT2D eigenvalue weighted by Crippen LogP contribution is -2.38. The van der Waals surface area contributed by atoms with Gasteiger partial charge in [0, 0.05) is 12.1 Å². The van der Waals surface area contributed by atoms with E-state index in [4.69, 9.17) is 5.73 Å². The molecule has 2 nitrogen and oxygen atoms in total. The van der Waals surface area contributed by atoms with Crippen molar-refractivity contribution in [3.63, 3.8) is 0 Å². The molecule has 1 saturated carbocycles. The van der Waals surface area contributed by atoms with Gasteiger partial charge in [0.2, 0.25) is 0 Å². The summed E-state index contributed by atoms with van der Waals surface area (Å²) in [6.45, 7) is 3.22. The van der Waals surface area contributed by atoms with Gasteiger partial charge in [0.05, 0.1) is 0 Å². The van der Waals surface area contributed by atoms with Gasteiger partial charge in [-0.1, -0.05) is 29.8 Å². The van der Waals surface area contributed by atoms with E-state index in [1.165, 1.54) is 36.8 Å². The third-order valence-electron chi connectivity index (χ3n) is 3.74. The molecule has 2 rings (SSSR count). The Morgan fingerprint density at radius 1 is 1.12 bits per heavy atom. The molecule has 0 atom stereocenters. The van der Waals surface area contributed by atoms with Crippen LogP contribution in [0.4, 0.5) is 0 Å². The third kappa shape index (κ3) is 4.14. The lowest BCUT2D eigenvalue weighted by Gasteiger charge is -2.26. The van der Waals surface area contributed by atoms with Crippen molar-refractivity contribution in [2.75, 3.05) is 6.54 Å². The van der Waals surface area contributed by atoms with Crippen LogP contribution in [0.15, 0.2) is 24.3 Å². The molecule has 0 saturated heterocycles. The van der Waals surface area contributed by atoms with Crippen LogP contribution in [0.5, 0.6) is 0 Å². The molecule has 17 heavy (non-hydrogen) atoms. The maximum absolute atomic E-state index is 5.90. The molecular formula is C15H24N2. The Labute approximate surface area is 105 Å². The first-order valence-corrected chi connectivity index (χ1v) is 6.78. The number of benzene rings is 1. The fraction of sp³-hybridized carbons (Fsp3) is 0.600. The van der Waals surface area contributed by atoms with Gasteiger partial charge in [0.15, 0.2) is 0 Å². The molecule has 94 valence electrons. The largest absolute Gasteiger partial charge is 0.328 e. The number of hydrogen-bond donors (Lipinski definition) is 2. The molecular weight excluding hydrogens is 208 g/mol. The van der Waals surface area contributed by atoms with Crippen LogP contribution in [0, 0.1) is 6.92 Å². The molecule has 0 amide bonds. The van der Waals surface area contributed by atoms with E-state index in [0.717, 1.165) is 13.0 Å². The summed E-state index contributed by atoms with van der Waals surface area (Å²) >= 11 is 0. The minimum absolute atomic E-state index is 0.449. The summed E-state index contributed by atoms with van der Waals surface area (Å²) in [7, 11) is 0. The zero-order valence-electron chi connectivity index (χ0n) is 10.8. The lowest BCUT2D eigenvalue weighted by atomic mass is 9.92. The summed E-state index contributed by atoms with van der Waals surface area (Å²) in [4.78, 5) is 0. The van der Waals surface area contributed by atoms with Crippen LogP contribution in [0.3, 0.4) is 0 Å². The van der Waals surface area contributed by atoms with Gasteiger partial charge in [-0.05, 0) is 51.1 Å². The molecule has 1 aliphatic rings. The average molecular weight is 232 g/mol. The van der Waals surface area contributed by atoms with E-state index in [1.54, 1.807) is 0 Å². The van der Waals surface area contributed by atoms with Crippen LogP contribution < -0.4 is 11.1 Å². The smallest absolute Gasteiger partial charge is 0.00683 e. The molecule has 3 N–H and O–H groups in total. The van der Waals surface area contributed by atoms with Gasteiger partial charge in [-0.25, -0.2) is 0 Å². The summed E-state index contributed by atoms with van der Waals surface area (Å²) in [6.07, 6.45) is 5.98. The first-order valence-electron chi connectivity index (χ1n) is 6.78. The Balaban J connectivity index is 1.67. The minimum Gasteiger partial charge on any atom is -0.328 e. The van der Waals surface area contributed by atoms with E-state index in [1.807, 2.05) is 0 Å².